The van der Waals surface area contributed by atoms with Crippen LogP contribution < -0.4 is 10.6 Å². The quantitative estimate of drug-likeness (QED) is 0.761. The van der Waals surface area contributed by atoms with Gasteiger partial charge in [0.05, 0.1) is 12.2 Å². The molecule has 0 saturated heterocycles. The van der Waals surface area contributed by atoms with Gasteiger partial charge < -0.3 is 10.6 Å². The summed E-state index contributed by atoms with van der Waals surface area (Å²) in [4.78, 5) is 9.54. The van der Waals surface area contributed by atoms with Crippen LogP contribution in [0.5, 0.6) is 0 Å². The van der Waals surface area contributed by atoms with Crippen molar-refractivity contribution in [2.45, 2.75) is 19.9 Å². The summed E-state index contributed by atoms with van der Waals surface area (Å²) in [5.41, 5.74) is 7.00. The van der Waals surface area contributed by atoms with Gasteiger partial charge in [0.25, 0.3) is 0 Å². The number of thiazole rings is 1. The molecular weight excluding hydrogens is 288 g/mol. The van der Waals surface area contributed by atoms with Gasteiger partial charge in [-0.15, -0.1) is 22.7 Å². The molecule has 3 heterocycles. The highest BCUT2D eigenvalue weighted by molar-refractivity contribution is 7.15. The van der Waals surface area contributed by atoms with Crippen LogP contribution in [0.4, 0.5) is 5.82 Å². The Morgan fingerprint density at radius 3 is 2.95 bits per heavy atom. The van der Waals surface area contributed by atoms with Gasteiger partial charge in [-0.2, -0.15) is 0 Å². The predicted octanol–water partition coefficient (Wildman–Crippen LogP) is 2.99. The van der Waals surface area contributed by atoms with Gasteiger partial charge in [-0.05, 0) is 24.9 Å². The molecule has 0 atom stereocenters. The summed E-state index contributed by atoms with van der Waals surface area (Å²) in [6.07, 6.45) is 2.94. The van der Waals surface area contributed by atoms with E-state index < -0.39 is 0 Å². The maximum Gasteiger partial charge on any atom is 0.195 e. The maximum atomic E-state index is 5.77. The first kappa shape index (κ1) is 13.6. The van der Waals surface area contributed by atoms with Crippen LogP contribution in [0.1, 0.15) is 17.5 Å². The van der Waals surface area contributed by atoms with Crippen LogP contribution in [0.15, 0.2) is 29.1 Å². The van der Waals surface area contributed by atoms with Gasteiger partial charge in [0.1, 0.15) is 0 Å². The van der Waals surface area contributed by atoms with Crippen LogP contribution in [0.25, 0.3) is 4.96 Å². The van der Waals surface area contributed by atoms with Gasteiger partial charge in [0, 0.05) is 29.4 Å². The van der Waals surface area contributed by atoms with Gasteiger partial charge in [0.2, 0.25) is 0 Å². The fourth-order valence-corrected chi connectivity index (χ4v) is 3.82. The summed E-state index contributed by atoms with van der Waals surface area (Å²) in [6, 6.07) is 4.27. The molecule has 0 radical (unpaired) electrons. The Morgan fingerprint density at radius 2 is 2.25 bits per heavy atom. The zero-order valence-corrected chi connectivity index (χ0v) is 13.1. The minimum absolute atomic E-state index is 0.646. The van der Waals surface area contributed by atoms with Crippen molar-refractivity contribution in [1.29, 1.82) is 0 Å². The van der Waals surface area contributed by atoms with E-state index >= 15 is 0 Å². The van der Waals surface area contributed by atoms with Crippen molar-refractivity contribution in [3.63, 3.8) is 0 Å². The van der Waals surface area contributed by atoms with Gasteiger partial charge in [-0.1, -0.05) is 6.07 Å². The number of aromatic nitrogens is 2. The molecule has 6 heteroatoms. The molecule has 0 aliphatic heterocycles. The first-order chi connectivity index (χ1) is 9.83. The average Bonchev–Trinajstić information content (AvgIpc) is 3.14. The number of thiophene rings is 1. The molecule has 0 aliphatic carbocycles. The molecular formula is C14H18N4S2. The molecule has 0 aliphatic rings. The second-order valence-corrected chi connectivity index (χ2v) is 6.48. The zero-order chi connectivity index (χ0) is 13.9. The van der Waals surface area contributed by atoms with Crippen molar-refractivity contribution < 1.29 is 0 Å². The molecule has 0 amide bonds. The van der Waals surface area contributed by atoms with E-state index in [0.717, 1.165) is 30.3 Å². The molecule has 3 aromatic heterocycles. The molecule has 0 aromatic carbocycles. The number of imidazole rings is 1. The molecule has 0 spiro atoms. The molecule has 0 unspecified atom stereocenters. The summed E-state index contributed by atoms with van der Waals surface area (Å²) in [7, 11) is 0. The number of hydrogen-bond acceptors (Lipinski definition) is 5. The van der Waals surface area contributed by atoms with E-state index in [2.05, 4.69) is 45.3 Å². The number of hydrogen-bond donors (Lipinski definition) is 1. The summed E-state index contributed by atoms with van der Waals surface area (Å²) in [5.74, 6) is 1.08. The highest BCUT2D eigenvalue weighted by atomic mass is 32.1. The third-order valence-corrected chi connectivity index (χ3v) is 4.95. The molecule has 106 valence electrons. The standard InChI is InChI=1S/C14H18N4S2/c1-2-17(10-11-4-3-8-19-11)13-12(5-6-15)18-7-9-20-14(18)16-13/h3-4,7-9H,2,5-6,10,15H2,1H3. The van der Waals surface area contributed by atoms with Gasteiger partial charge in [0.15, 0.2) is 10.8 Å². The van der Waals surface area contributed by atoms with E-state index in [9.17, 15) is 0 Å². The van der Waals surface area contributed by atoms with E-state index in [-0.39, 0.29) is 0 Å². The highest BCUT2D eigenvalue weighted by Crippen LogP contribution is 2.26. The van der Waals surface area contributed by atoms with Crippen LogP contribution in [0, 0.1) is 0 Å². The Bertz CT molecular complexity index is 669. The summed E-state index contributed by atoms with van der Waals surface area (Å²) < 4.78 is 2.17. The second-order valence-electron chi connectivity index (χ2n) is 4.57. The highest BCUT2D eigenvalue weighted by Gasteiger charge is 2.18. The molecule has 3 aromatic rings. The fourth-order valence-electron chi connectivity index (χ4n) is 2.37. The second kappa shape index (κ2) is 5.95. The van der Waals surface area contributed by atoms with E-state index in [4.69, 9.17) is 10.7 Å². The van der Waals surface area contributed by atoms with Crippen LogP contribution in [0.2, 0.25) is 0 Å². The Hall–Kier alpha value is -1.37. The van der Waals surface area contributed by atoms with Crippen LogP contribution in [-0.4, -0.2) is 22.5 Å². The minimum Gasteiger partial charge on any atom is -0.350 e. The molecule has 2 N–H and O–H groups in total. The topological polar surface area (TPSA) is 46.6 Å². The van der Waals surface area contributed by atoms with Crippen molar-refractivity contribution in [3.05, 3.63) is 39.7 Å². The number of fused-ring (bicyclic) bond motifs is 1. The minimum atomic E-state index is 0.646. The first-order valence-electron chi connectivity index (χ1n) is 6.75. The Morgan fingerprint density at radius 1 is 1.35 bits per heavy atom. The van der Waals surface area contributed by atoms with E-state index in [1.165, 1.54) is 10.6 Å². The van der Waals surface area contributed by atoms with Crippen molar-refractivity contribution in [2.75, 3.05) is 18.0 Å². The number of nitrogens with zero attached hydrogens (tertiary/aromatic N) is 3. The predicted molar refractivity (Wildman–Crippen MR) is 86.9 cm³/mol. The molecule has 0 bridgehead atoms. The van der Waals surface area contributed by atoms with Crippen molar-refractivity contribution in [2.24, 2.45) is 5.73 Å². The fraction of sp³-hybridized carbons (Fsp3) is 0.357. The third kappa shape index (κ3) is 2.46. The lowest BCUT2D eigenvalue weighted by Gasteiger charge is -2.21. The normalized spacial score (nSPS) is 11.3. The number of anilines is 1. The molecule has 0 fully saturated rings. The van der Waals surface area contributed by atoms with Crippen LogP contribution in [-0.2, 0) is 13.0 Å². The summed E-state index contributed by atoms with van der Waals surface area (Å²) in [5, 5.41) is 4.19. The van der Waals surface area contributed by atoms with Crippen molar-refractivity contribution in [1.82, 2.24) is 9.38 Å². The molecule has 4 nitrogen and oxygen atoms in total. The maximum absolute atomic E-state index is 5.77. The molecule has 20 heavy (non-hydrogen) atoms. The summed E-state index contributed by atoms with van der Waals surface area (Å²) >= 11 is 3.46. The largest absolute Gasteiger partial charge is 0.350 e. The zero-order valence-electron chi connectivity index (χ0n) is 11.5. The molecule has 3 rings (SSSR count). The van der Waals surface area contributed by atoms with Crippen LogP contribution in [0.3, 0.4) is 0 Å². The van der Waals surface area contributed by atoms with Gasteiger partial charge in [-0.3, -0.25) is 4.40 Å². The molecule has 0 saturated carbocycles. The first-order valence-corrected chi connectivity index (χ1v) is 8.51. The van der Waals surface area contributed by atoms with Crippen molar-refractivity contribution >= 4 is 33.5 Å². The lowest BCUT2D eigenvalue weighted by atomic mass is 10.3. The van der Waals surface area contributed by atoms with E-state index in [0.29, 0.717) is 6.54 Å². The Kier molecular flexibility index (Phi) is 4.05. The van der Waals surface area contributed by atoms with E-state index in [1.807, 2.05) is 0 Å². The number of rotatable bonds is 6. The lowest BCUT2D eigenvalue weighted by molar-refractivity contribution is 0.806. The summed E-state index contributed by atoms with van der Waals surface area (Å²) in [6.45, 7) is 4.68. The van der Waals surface area contributed by atoms with Crippen LogP contribution >= 0.6 is 22.7 Å². The third-order valence-electron chi connectivity index (χ3n) is 3.33. The van der Waals surface area contributed by atoms with Crippen molar-refractivity contribution in [3.8, 4) is 0 Å². The SMILES string of the molecule is CCN(Cc1cccs1)c1nc2sccn2c1CCN. The smallest absolute Gasteiger partial charge is 0.195 e. The van der Waals surface area contributed by atoms with E-state index in [1.54, 1.807) is 22.7 Å². The van der Waals surface area contributed by atoms with Gasteiger partial charge >= 0.3 is 0 Å². The number of nitrogens with two attached hydrogens (primary N) is 1. The van der Waals surface area contributed by atoms with Gasteiger partial charge in [-0.25, -0.2) is 4.98 Å². The average molecular weight is 306 g/mol. The monoisotopic (exact) mass is 306 g/mol. The lowest BCUT2D eigenvalue weighted by Crippen LogP contribution is -2.23. The Labute approximate surface area is 126 Å². The Balaban J connectivity index is 1.97.